The molecule has 0 bridgehead atoms. The van der Waals surface area contributed by atoms with Crippen molar-refractivity contribution in [2.24, 2.45) is 5.41 Å². The number of carbonyl (C=O) groups excluding carboxylic acids is 1. The van der Waals surface area contributed by atoms with Gasteiger partial charge < -0.3 is 10.1 Å². The second-order valence-electron chi connectivity index (χ2n) is 8.08. The van der Waals surface area contributed by atoms with Crippen molar-refractivity contribution in [2.75, 3.05) is 0 Å². The Morgan fingerprint density at radius 3 is 2.04 bits per heavy atom. The summed E-state index contributed by atoms with van der Waals surface area (Å²) in [6, 6.07) is 3.22. The Kier molecular flexibility index (Phi) is 6.28. The number of nitrogens with one attached hydrogen (secondary N) is 1. The standard InChI is InChI=1S/C18H27F2NO2/c1-17(2,3)10-15(16(22)21-18(4,5)6)23-11-12-7-13(19)9-14(20)8-12/h7-9,15H,10-11H2,1-6H3,(H,21,22). The second kappa shape index (κ2) is 7.39. The van der Waals surface area contributed by atoms with Crippen molar-refractivity contribution in [3.8, 4) is 0 Å². The first-order valence-corrected chi connectivity index (χ1v) is 7.74. The summed E-state index contributed by atoms with van der Waals surface area (Å²) >= 11 is 0. The van der Waals surface area contributed by atoms with E-state index in [1.165, 1.54) is 12.1 Å². The monoisotopic (exact) mass is 327 g/mol. The molecule has 0 aromatic heterocycles. The molecule has 0 heterocycles. The van der Waals surface area contributed by atoms with Crippen LogP contribution in [0.2, 0.25) is 0 Å². The van der Waals surface area contributed by atoms with Gasteiger partial charge in [0.15, 0.2) is 0 Å². The lowest BCUT2D eigenvalue weighted by molar-refractivity contribution is -0.137. The molecule has 1 N–H and O–H groups in total. The van der Waals surface area contributed by atoms with Gasteiger partial charge in [-0.05, 0) is 50.3 Å². The molecule has 1 amide bonds. The van der Waals surface area contributed by atoms with Gasteiger partial charge in [0.1, 0.15) is 17.7 Å². The summed E-state index contributed by atoms with van der Waals surface area (Å²) in [6.07, 6.45) is -0.173. The van der Waals surface area contributed by atoms with Crippen LogP contribution in [-0.4, -0.2) is 17.6 Å². The van der Waals surface area contributed by atoms with Crippen LogP contribution in [0.15, 0.2) is 18.2 Å². The van der Waals surface area contributed by atoms with E-state index in [-0.39, 0.29) is 23.5 Å². The number of benzene rings is 1. The van der Waals surface area contributed by atoms with E-state index in [2.05, 4.69) is 5.32 Å². The Labute approximate surface area is 137 Å². The summed E-state index contributed by atoms with van der Waals surface area (Å²) in [5, 5.41) is 2.89. The largest absolute Gasteiger partial charge is 0.364 e. The molecule has 1 atom stereocenters. The van der Waals surface area contributed by atoms with Gasteiger partial charge in [-0.15, -0.1) is 0 Å². The highest BCUT2D eigenvalue weighted by Gasteiger charge is 2.28. The van der Waals surface area contributed by atoms with Crippen LogP contribution >= 0.6 is 0 Å². The van der Waals surface area contributed by atoms with Crippen molar-refractivity contribution in [1.29, 1.82) is 0 Å². The van der Waals surface area contributed by atoms with Gasteiger partial charge in [0.25, 0.3) is 0 Å². The minimum Gasteiger partial charge on any atom is -0.364 e. The normalized spacial score (nSPS) is 13.7. The molecule has 1 unspecified atom stereocenters. The molecule has 0 radical (unpaired) electrons. The fourth-order valence-corrected chi connectivity index (χ4v) is 2.12. The summed E-state index contributed by atoms with van der Waals surface area (Å²) in [7, 11) is 0. The van der Waals surface area contributed by atoms with Gasteiger partial charge in [-0.1, -0.05) is 20.8 Å². The van der Waals surface area contributed by atoms with E-state index in [1.54, 1.807) is 0 Å². The van der Waals surface area contributed by atoms with Crippen LogP contribution in [0.25, 0.3) is 0 Å². The van der Waals surface area contributed by atoms with E-state index < -0.39 is 17.7 Å². The van der Waals surface area contributed by atoms with Gasteiger partial charge in [0, 0.05) is 11.6 Å². The first kappa shape index (κ1) is 19.6. The van der Waals surface area contributed by atoms with Gasteiger partial charge in [-0.25, -0.2) is 8.78 Å². The average Bonchev–Trinajstić information content (AvgIpc) is 2.29. The Morgan fingerprint density at radius 1 is 1.09 bits per heavy atom. The summed E-state index contributed by atoms with van der Waals surface area (Å²) in [4.78, 5) is 12.4. The van der Waals surface area contributed by atoms with Gasteiger partial charge >= 0.3 is 0 Å². The fourth-order valence-electron chi connectivity index (χ4n) is 2.12. The molecule has 3 nitrogen and oxygen atoms in total. The summed E-state index contributed by atoms with van der Waals surface area (Å²) in [6.45, 7) is 11.7. The van der Waals surface area contributed by atoms with Gasteiger partial charge in [0.2, 0.25) is 5.91 Å². The van der Waals surface area contributed by atoms with Crippen molar-refractivity contribution in [1.82, 2.24) is 5.32 Å². The molecule has 0 aliphatic carbocycles. The van der Waals surface area contributed by atoms with E-state index in [0.717, 1.165) is 6.07 Å². The highest BCUT2D eigenvalue weighted by Crippen LogP contribution is 2.24. The molecule has 1 rings (SSSR count). The lowest BCUT2D eigenvalue weighted by atomic mass is 9.88. The zero-order valence-electron chi connectivity index (χ0n) is 14.8. The molecular weight excluding hydrogens is 300 g/mol. The molecule has 23 heavy (non-hydrogen) atoms. The topological polar surface area (TPSA) is 38.3 Å². The predicted molar refractivity (Wildman–Crippen MR) is 86.9 cm³/mol. The minimum atomic E-state index is -0.680. The Balaban J connectivity index is 2.82. The van der Waals surface area contributed by atoms with Crippen molar-refractivity contribution < 1.29 is 18.3 Å². The summed E-state index contributed by atoms with van der Waals surface area (Å²) in [5.74, 6) is -1.53. The predicted octanol–water partition coefficient (Wildman–Crippen LogP) is 4.20. The van der Waals surface area contributed by atoms with Crippen molar-refractivity contribution in [2.45, 2.75) is 66.2 Å². The van der Waals surface area contributed by atoms with Crippen LogP contribution in [0.3, 0.4) is 0 Å². The quantitative estimate of drug-likeness (QED) is 0.880. The average molecular weight is 327 g/mol. The fraction of sp³-hybridized carbons (Fsp3) is 0.611. The van der Waals surface area contributed by atoms with Gasteiger partial charge in [-0.3, -0.25) is 4.79 Å². The third-order valence-electron chi connectivity index (χ3n) is 2.96. The number of carbonyl (C=O) groups is 1. The van der Waals surface area contributed by atoms with Crippen molar-refractivity contribution >= 4 is 5.91 Å². The third kappa shape index (κ3) is 8.07. The summed E-state index contributed by atoms with van der Waals surface area (Å²) < 4.78 is 32.1. The van der Waals surface area contributed by atoms with E-state index in [9.17, 15) is 13.6 Å². The molecule has 0 fully saturated rings. The smallest absolute Gasteiger partial charge is 0.249 e. The first-order valence-electron chi connectivity index (χ1n) is 7.74. The molecule has 5 heteroatoms. The number of ether oxygens (including phenoxy) is 1. The zero-order valence-corrected chi connectivity index (χ0v) is 14.8. The van der Waals surface area contributed by atoms with Crippen LogP contribution in [0.1, 0.15) is 53.5 Å². The van der Waals surface area contributed by atoms with E-state index in [1.807, 2.05) is 41.5 Å². The Hall–Kier alpha value is -1.49. The molecule has 0 saturated carbocycles. The number of hydrogen-bond donors (Lipinski definition) is 1. The highest BCUT2D eigenvalue weighted by atomic mass is 19.1. The van der Waals surface area contributed by atoms with E-state index in [4.69, 9.17) is 4.74 Å². The summed E-state index contributed by atoms with van der Waals surface area (Å²) in [5.41, 5.74) is -0.126. The molecule has 0 spiro atoms. The maximum atomic E-state index is 13.2. The SMILES string of the molecule is CC(C)(C)CC(OCc1cc(F)cc(F)c1)C(=O)NC(C)(C)C. The van der Waals surface area contributed by atoms with Crippen LogP contribution in [0, 0.1) is 17.0 Å². The maximum Gasteiger partial charge on any atom is 0.249 e. The molecule has 0 aliphatic heterocycles. The lowest BCUT2D eigenvalue weighted by Crippen LogP contribution is -2.47. The van der Waals surface area contributed by atoms with Gasteiger partial charge in [0.05, 0.1) is 6.61 Å². The van der Waals surface area contributed by atoms with Crippen LogP contribution < -0.4 is 5.32 Å². The molecule has 0 saturated heterocycles. The molecule has 1 aromatic carbocycles. The maximum absolute atomic E-state index is 13.2. The highest BCUT2D eigenvalue weighted by molar-refractivity contribution is 5.81. The Bertz CT molecular complexity index is 525. The van der Waals surface area contributed by atoms with E-state index in [0.29, 0.717) is 12.0 Å². The second-order valence-corrected chi connectivity index (χ2v) is 8.08. The number of amides is 1. The number of hydrogen-bond acceptors (Lipinski definition) is 2. The lowest BCUT2D eigenvalue weighted by Gasteiger charge is -2.29. The minimum absolute atomic E-state index is 0.0208. The number of rotatable bonds is 5. The molecular formula is C18H27F2NO2. The van der Waals surface area contributed by atoms with Crippen LogP contribution in [0.5, 0.6) is 0 Å². The van der Waals surface area contributed by atoms with Crippen LogP contribution in [0.4, 0.5) is 8.78 Å². The third-order valence-corrected chi connectivity index (χ3v) is 2.96. The van der Waals surface area contributed by atoms with Crippen molar-refractivity contribution in [3.05, 3.63) is 35.4 Å². The molecule has 0 aliphatic rings. The van der Waals surface area contributed by atoms with Crippen LogP contribution in [-0.2, 0) is 16.1 Å². The van der Waals surface area contributed by atoms with Gasteiger partial charge in [-0.2, -0.15) is 0 Å². The molecule has 1 aromatic rings. The Morgan fingerprint density at radius 2 is 1.61 bits per heavy atom. The van der Waals surface area contributed by atoms with E-state index >= 15 is 0 Å². The zero-order chi connectivity index (χ0) is 17.8. The first-order chi connectivity index (χ1) is 10.4. The van der Waals surface area contributed by atoms with Crippen molar-refractivity contribution in [3.63, 3.8) is 0 Å². The number of halogens is 2. The molecule has 130 valence electrons.